The van der Waals surface area contributed by atoms with Gasteiger partial charge in [0.2, 0.25) is 5.91 Å². The van der Waals surface area contributed by atoms with Crippen LogP contribution in [0.5, 0.6) is 5.75 Å². The normalized spacial score (nSPS) is 17.0. The fourth-order valence-corrected chi connectivity index (χ4v) is 2.57. The van der Waals surface area contributed by atoms with Gasteiger partial charge in [0.25, 0.3) is 0 Å². The van der Waals surface area contributed by atoms with Gasteiger partial charge >= 0.3 is 0 Å². The van der Waals surface area contributed by atoms with Crippen molar-refractivity contribution in [2.45, 2.75) is 25.6 Å². The van der Waals surface area contributed by atoms with Gasteiger partial charge in [-0.2, -0.15) is 0 Å². The van der Waals surface area contributed by atoms with E-state index in [0.29, 0.717) is 6.54 Å². The molecule has 0 radical (unpaired) electrons. The van der Waals surface area contributed by atoms with Crippen molar-refractivity contribution in [3.63, 3.8) is 0 Å². The van der Waals surface area contributed by atoms with Crippen LogP contribution in [0, 0.1) is 0 Å². The van der Waals surface area contributed by atoms with Crippen LogP contribution < -0.4 is 10.6 Å². The Balaban J connectivity index is 1.58. The summed E-state index contributed by atoms with van der Waals surface area (Å²) < 4.78 is 0. The largest absolute Gasteiger partial charge is 0.508 e. The Labute approximate surface area is 123 Å². The summed E-state index contributed by atoms with van der Waals surface area (Å²) in [6.45, 7) is 1.20. The molecular weight excluding hydrogens is 264 g/mol. The van der Waals surface area contributed by atoms with Crippen LogP contribution in [0.3, 0.4) is 0 Å². The molecule has 0 bridgehead atoms. The van der Waals surface area contributed by atoms with Gasteiger partial charge in [-0.3, -0.25) is 4.79 Å². The van der Waals surface area contributed by atoms with Crippen LogP contribution >= 0.6 is 0 Å². The summed E-state index contributed by atoms with van der Waals surface area (Å²) in [6.07, 6.45) is 0.720. The Hall–Kier alpha value is -2.33. The number of hydrogen-bond acceptors (Lipinski definition) is 3. The fraction of sp³-hybridized carbons (Fsp3) is 0.235. The van der Waals surface area contributed by atoms with E-state index in [2.05, 4.69) is 22.8 Å². The standard InChI is InChI=1S/C17H18N2O2/c20-15-7-5-12(6-8-15)10-19-17(21)16-9-13-3-1-2-4-14(13)11-18-16/h1-8,16,18,20H,9-11H2,(H,19,21)/t16-/m1/s1. The minimum Gasteiger partial charge on any atom is -0.508 e. The summed E-state index contributed by atoms with van der Waals surface area (Å²) in [5, 5.41) is 15.4. The molecule has 3 rings (SSSR count). The third kappa shape index (κ3) is 3.23. The monoisotopic (exact) mass is 282 g/mol. The van der Waals surface area contributed by atoms with Gasteiger partial charge in [-0.25, -0.2) is 0 Å². The lowest BCUT2D eigenvalue weighted by atomic mass is 9.95. The van der Waals surface area contributed by atoms with Gasteiger partial charge in [0, 0.05) is 13.1 Å². The highest BCUT2D eigenvalue weighted by atomic mass is 16.3. The number of aromatic hydroxyl groups is 1. The molecule has 1 heterocycles. The second kappa shape index (κ2) is 5.97. The van der Waals surface area contributed by atoms with E-state index >= 15 is 0 Å². The number of benzene rings is 2. The molecular formula is C17H18N2O2. The second-order valence-electron chi connectivity index (χ2n) is 5.29. The SMILES string of the molecule is O=C(NCc1ccc(O)cc1)[C@H]1Cc2ccccc2CN1. The van der Waals surface area contributed by atoms with Gasteiger partial charge < -0.3 is 15.7 Å². The smallest absolute Gasteiger partial charge is 0.237 e. The molecule has 108 valence electrons. The van der Waals surface area contributed by atoms with Crippen molar-refractivity contribution in [2.24, 2.45) is 0 Å². The molecule has 0 saturated carbocycles. The molecule has 4 nitrogen and oxygen atoms in total. The number of nitrogens with one attached hydrogen (secondary N) is 2. The maximum atomic E-state index is 12.2. The Morgan fingerprint density at radius 2 is 1.86 bits per heavy atom. The average molecular weight is 282 g/mol. The summed E-state index contributed by atoms with van der Waals surface area (Å²) >= 11 is 0. The number of carbonyl (C=O) groups excluding carboxylic acids is 1. The molecule has 2 aromatic rings. The van der Waals surface area contributed by atoms with Crippen LogP contribution in [-0.4, -0.2) is 17.1 Å². The lowest BCUT2D eigenvalue weighted by Gasteiger charge is -2.25. The van der Waals surface area contributed by atoms with Crippen molar-refractivity contribution >= 4 is 5.91 Å². The summed E-state index contributed by atoms with van der Waals surface area (Å²) in [5.74, 6) is 0.244. The number of fused-ring (bicyclic) bond motifs is 1. The lowest BCUT2D eigenvalue weighted by molar-refractivity contribution is -0.123. The van der Waals surface area contributed by atoms with Crippen LogP contribution in [0.2, 0.25) is 0 Å². The highest BCUT2D eigenvalue weighted by molar-refractivity contribution is 5.82. The van der Waals surface area contributed by atoms with Crippen LogP contribution in [-0.2, 0) is 24.3 Å². The maximum absolute atomic E-state index is 12.2. The van der Waals surface area contributed by atoms with E-state index in [1.807, 2.05) is 12.1 Å². The zero-order chi connectivity index (χ0) is 14.7. The minimum atomic E-state index is -0.183. The van der Waals surface area contributed by atoms with Crippen molar-refractivity contribution in [1.29, 1.82) is 0 Å². The van der Waals surface area contributed by atoms with Gasteiger partial charge in [0.1, 0.15) is 5.75 Å². The third-order valence-corrected chi connectivity index (χ3v) is 3.80. The molecule has 0 aromatic heterocycles. The molecule has 0 saturated heterocycles. The molecule has 3 N–H and O–H groups in total. The van der Waals surface area contributed by atoms with Crippen molar-refractivity contribution in [1.82, 2.24) is 10.6 Å². The van der Waals surface area contributed by atoms with E-state index in [1.165, 1.54) is 11.1 Å². The van der Waals surface area contributed by atoms with Crippen molar-refractivity contribution in [3.05, 3.63) is 65.2 Å². The first kappa shape index (κ1) is 13.6. The number of rotatable bonds is 3. The Morgan fingerprint density at radius 1 is 1.14 bits per heavy atom. The number of amides is 1. The molecule has 1 aliphatic heterocycles. The van der Waals surface area contributed by atoms with E-state index < -0.39 is 0 Å². The number of carbonyl (C=O) groups is 1. The summed E-state index contributed by atoms with van der Waals surface area (Å²) in [4.78, 5) is 12.2. The molecule has 0 spiro atoms. The molecule has 1 amide bonds. The van der Waals surface area contributed by atoms with E-state index in [1.54, 1.807) is 24.3 Å². The van der Waals surface area contributed by atoms with Crippen molar-refractivity contribution in [3.8, 4) is 5.75 Å². The zero-order valence-corrected chi connectivity index (χ0v) is 11.7. The fourth-order valence-electron chi connectivity index (χ4n) is 2.57. The minimum absolute atomic E-state index is 0.0116. The first-order valence-corrected chi connectivity index (χ1v) is 7.08. The van der Waals surface area contributed by atoms with Crippen LogP contribution in [0.4, 0.5) is 0 Å². The van der Waals surface area contributed by atoms with Gasteiger partial charge in [0.05, 0.1) is 6.04 Å². The topological polar surface area (TPSA) is 61.4 Å². The quantitative estimate of drug-likeness (QED) is 0.803. The third-order valence-electron chi connectivity index (χ3n) is 3.80. The van der Waals surface area contributed by atoms with Crippen molar-refractivity contribution in [2.75, 3.05) is 0 Å². The molecule has 1 aliphatic rings. The van der Waals surface area contributed by atoms with Gasteiger partial charge in [-0.15, -0.1) is 0 Å². The summed E-state index contributed by atoms with van der Waals surface area (Å²) in [7, 11) is 0. The van der Waals surface area contributed by atoms with Crippen LogP contribution in [0.1, 0.15) is 16.7 Å². The van der Waals surface area contributed by atoms with Gasteiger partial charge in [-0.1, -0.05) is 36.4 Å². The number of phenolic OH excluding ortho intramolecular Hbond substituents is 1. The Kier molecular flexibility index (Phi) is 3.88. The van der Waals surface area contributed by atoms with Crippen LogP contribution in [0.15, 0.2) is 48.5 Å². The van der Waals surface area contributed by atoms with E-state index in [-0.39, 0.29) is 17.7 Å². The first-order chi connectivity index (χ1) is 10.2. The predicted octanol–water partition coefficient (Wildman–Crippen LogP) is 1.72. The van der Waals surface area contributed by atoms with E-state index in [4.69, 9.17) is 0 Å². The first-order valence-electron chi connectivity index (χ1n) is 7.08. The summed E-state index contributed by atoms with van der Waals surface area (Å²) in [5.41, 5.74) is 3.47. The number of phenols is 1. The molecule has 4 heteroatoms. The van der Waals surface area contributed by atoms with Gasteiger partial charge in [0.15, 0.2) is 0 Å². The molecule has 0 aliphatic carbocycles. The average Bonchev–Trinajstić information content (AvgIpc) is 2.53. The maximum Gasteiger partial charge on any atom is 0.237 e. The molecule has 2 aromatic carbocycles. The molecule has 0 fully saturated rings. The summed E-state index contributed by atoms with van der Waals surface area (Å²) in [6, 6.07) is 14.9. The highest BCUT2D eigenvalue weighted by Gasteiger charge is 2.23. The Bertz CT molecular complexity index is 637. The zero-order valence-electron chi connectivity index (χ0n) is 11.7. The predicted molar refractivity (Wildman–Crippen MR) is 80.7 cm³/mol. The van der Waals surface area contributed by atoms with Gasteiger partial charge in [-0.05, 0) is 35.2 Å². The van der Waals surface area contributed by atoms with E-state index in [9.17, 15) is 9.90 Å². The highest BCUT2D eigenvalue weighted by Crippen LogP contribution is 2.16. The number of hydrogen-bond donors (Lipinski definition) is 3. The van der Waals surface area contributed by atoms with Crippen LogP contribution in [0.25, 0.3) is 0 Å². The molecule has 0 unspecified atom stereocenters. The Morgan fingerprint density at radius 3 is 2.62 bits per heavy atom. The lowest BCUT2D eigenvalue weighted by Crippen LogP contribution is -2.47. The second-order valence-corrected chi connectivity index (χ2v) is 5.29. The molecule has 21 heavy (non-hydrogen) atoms. The van der Waals surface area contributed by atoms with Crippen molar-refractivity contribution < 1.29 is 9.90 Å². The van der Waals surface area contributed by atoms with E-state index in [0.717, 1.165) is 18.5 Å². The molecule has 1 atom stereocenters.